The van der Waals surface area contributed by atoms with E-state index < -0.39 is 0 Å². The predicted octanol–water partition coefficient (Wildman–Crippen LogP) is 3.74. The number of aryl methyl sites for hydroxylation is 1. The van der Waals surface area contributed by atoms with Crippen LogP contribution >= 0.6 is 15.9 Å². The highest BCUT2D eigenvalue weighted by Crippen LogP contribution is 2.20. The van der Waals surface area contributed by atoms with Gasteiger partial charge in [0.2, 0.25) is 6.33 Å². The van der Waals surface area contributed by atoms with E-state index >= 15 is 0 Å². The summed E-state index contributed by atoms with van der Waals surface area (Å²) in [5.74, 6) is -0.0660. The number of halogens is 1. The van der Waals surface area contributed by atoms with E-state index in [9.17, 15) is 4.79 Å². The van der Waals surface area contributed by atoms with E-state index in [-0.39, 0.29) is 12.5 Å². The van der Waals surface area contributed by atoms with E-state index in [2.05, 4.69) is 27.8 Å². The Morgan fingerprint density at radius 2 is 2.13 bits per heavy atom. The van der Waals surface area contributed by atoms with Crippen LogP contribution in [-0.2, 0) is 11.3 Å². The maximum atomic E-state index is 12.3. The highest BCUT2D eigenvalue weighted by Gasteiger charge is 2.16. The molecule has 0 bridgehead atoms. The number of carbonyl (C=O) groups excluding carboxylic acids is 1. The SMILES string of the molecule is C=Cn1c[n+](CC(=O)Nc2ccc(Br)c(C)c2)c2ccccc21. The van der Waals surface area contributed by atoms with Crippen LogP contribution in [0.2, 0.25) is 0 Å². The normalized spacial score (nSPS) is 10.7. The Morgan fingerprint density at radius 3 is 2.87 bits per heavy atom. The number of aromatic nitrogens is 2. The predicted molar refractivity (Wildman–Crippen MR) is 96.0 cm³/mol. The van der Waals surface area contributed by atoms with E-state index in [1.54, 1.807) is 6.20 Å². The molecule has 0 aliphatic carbocycles. The highest BCUT2D eigenvalue weighted by atomic mass is 79.9. The van der Waals surface area contributed by atoms with Gasteiger partial charge in [-0.15, -0.1) is 0 Å². The van der Waals surface area contributed by atoms with E-state index in [1.807, 2.05) is 64.8 Å². The Hall–Kier alpha value is -2.40. The monoisotopic (exact) mass is 370 g/mol. The van der Waals surface area contributed by atoms with Gasteiger partial charge in [0, 0.05) is 10.2 Å². The zero-order valence-electron chi connectivity index (χ0n) is 12.8. The number of imidazole rings is 1. The molecule has 0 atom stereocenters. The molecule has 116 valence electrons. The van der Waals surface area contributed by atoms with Crippen molar-refractivity contribution in [1.29, 1.82) is 0 Å². The third-order valence-electron chi connectivity index (χ3n) is 3.69. The summed E-state index contributed by atoms with van der Waals surface area (Å²) in [5.41, 5.74) is 3.90. The van der Waals surface area contributed by atoms with Crippen molar-refractivity contribution in [3.8, 4) is 0 Å². The summed E-state index contributed by atoms with van der Waals surface area (Å²) in [7, 11) is 0. The maximum absolute atomic E-state index is 12.3. The molecule has 2 aromatic carbocycles. The number of benzene rings is 2. The molecule has 3 aromatic rings. The fraction of sp³-hybridized carbons (Fsp3) is 0.111. The van der Waals surface area contributed by atoms with Crippen LogP contribution in [0.4, 0.5) is 5.69 Å². The summed E-state index contributed by atoms with van der Waals surface area (Å²) in [6.07, 6.45) is 3.61. The summed E-state index contributed by atoms with van der Waals surface area (Å²) >= 11 is 3.46. The molecule has 3 rings (SSSR count). The van der Waals surface area contributed by atoms with Crippen molar-refractivity contribution < 1.29 is 9.36 Å². The van der Waals surface area contributed by atoms with Crippen LogP contribution < -0.4 is 9.88 Å². The summed E-state index contributed by atoms with van der Waals surface area (Å²) in [4.78, 5) is 12.3. The molecule has 23 heavy (non-hydrogen) atoms. The van der Waals surface area contributed by atoms with Gasteiger partial charge < -0.3 is 5.32 Å². The fourth-order valence-electron chi connectivity index (χ4n) is 2.55. The van der Waals surface area contributed by atoms with Gasteiger partial charge in [0.05, 0.1) is 6.20 Å². The van der Waals surface area contributed by atoms with Crippen molar-refractivity contribution in [3.63, 3.8) is 0 Å². The molecular weight excluding hydrogens is 354 g/mol. The maximum Gasteiger partial charge on any atom is 0.266 e. The summed E-state index contributed by atoms with van der Waals surface area (Å²) in [5, 5.41) is 2.93. The number of nitrogens with one attached hydrogen (secondary N) is 1. The lowest BCUT2D eigenvalue weighted by molar-refractivity contribution is -0.658. The Balaban J connectivity index is 1.83. The minimum Gasteiger partial charge on any atom is -0.323 e. The van der Waals surface area contributed by atoms with Crippen LogP contribution in [0.5, 0.6) is 0 Å². The molecule has 1 N–H and O–H groups in total. The smallest absolute Gasteiger partial charge is 0.266 e. The summed E-state index contributed by atoms with van der Waals surface area (Å²) in [6, 6.07) is 13.7. The first-order valence-corrected chi connectivity index (χ1v) is 8.05. The topological polar surface area (TPSA) is 37.9 Å². The number of hydrogen-bond acceptors (Lipinski definition) is 1. The standard InChI is InChI=1S/C18H16BrN3O/c1-3-21-12-22(17-7-5-4-6-16(17)21)11-18(23)20-14-8-9-15(19)13(2)10-14/h3-10,12H,1,11H2,2H3/p+1. The Morgan fingerprint density at radius 1 is 1.35 bits per heavy atom. The van der Waals surface area contributed by atoms with Gasteiger partial charge in [-0.1, -0.05) is 34.6 Å². The molecule has 0 radical (unpaired) electrons. The molecule has 0 saturated heterocycles. The average molecular weight is 371 g/mol. The Bertz CT molecular complexity index is 898. The Kier molecular flexibility index (Phi) is 4.30. The quantitative estimate of drug-likeness (QED) is 0.698. The molecule has 1 aromatic heterocycles. The van der Waals surface area contributed by atoms with Gasteiger partial charge in [-0.05, 0) is 42.8 Å². The van der Waals surface area contributed by atoms with Crippen molar-refractivity contribution in [3.05, 3.63) is 65.4 Å². The summed E-state index contributed by atoms with van der Waals surface area (Å²) in [6.45, 7) is 6.04. The van der Waals surface area contributed by atoms with E-state index in [0.29, 0.717) is 0 Å². The first-order chi connectivity index (χ1) is 11.1. The van der Waals surface area contributed by atoms with Crippen molar-refractivity contribution in [2.75, 3.05) is 5.32 Å². The van der Waals surface area contributed by atoms with Gasteiger partial charge >= 0.3 is 0 Å². The molecule has 0 unspecified atom stereocenters. The van der Waals surface area contributed by atoms with Gasteiger partial charge in [0.25, 0.3) is 5.91 Å². The molecule has 5 heteroatoms. The molecule has 0 saturated carbocycles. The summed E-state index contributed by atoms with van der Waals surface area (Å²) < 4.78 is 4.85. The van der Waals surface area contributed by atoms with E-state index in [1.165, 1.54) is 0 Å². The zero-order valence-corrected chi connectivity index (χ0v) is 14.4. The van der Waals surface area contributed by atoms with Crippen molar-refractivity contribution >= 4 is 44.8 Å². The highest BCUT2D eigenvalue weighted by molar-refractivity contribution is 9.10. The number of hydrogen-bond donors (Lipinski definition) is 1. The number of carbonyl (C=O) groups is 1. The fourth-order valence-corrected chi connectivity index (χ4v) is 2.80. The van der Waals surface area contributed by atoms with Crippen LogP contribution in [0.25, 0.3) is 17.2 Å². The van der Waals surface area contributed by atoms with Gasteiger partial charge in [-0.2, -0.15) is 0 Å². The lowest BCUT2D eigenvalue weighted by Crippen LogP contribution is -2.39. The van der Waals surface area contributed by atoms with Gasteiger partial charge in [0.15, 0.2) is 17.6 Å². The largest absolute Gasteiger partial charge is 0.323 e. The zero-order chi connectivity index (χ0) is 16.4. The second kappa shape index (κ2) is 6.38. The number of nitrogens with zero attached hydrogens (tertiary/aromatic N) is 2. The molecule has 4 nitrogen and oxygen atoms in total. The van der Waals surface area contributed by atoms with Crippen LogP contribution in [-0.4, -0.2) is 10.5 Å². The second-order valence-electron chi connectivity index (χ2n) is 5.33. The number of anilines is 1. The van der Waals surface area contributed by atoms with E-state index in [0.717, 1.165) is 26.8 Å². The average Bonchev–Trinajstić information content (AvgIpc) is 2.89. The van der Waals surface area contributed by atoms with Crippen molar-refractivity contribution in [2.24, 2.45) is 0 Å². The lowest BCUT2D eigenvalue weighted by Gasteiger charge is -2.06. The van der Waals surface area contributed by atoms with E-state index in [4.69, 9.17) is 0 Å². The molecule has 0 aliphatic rings. The van der Waals surface area contributed by atoms with Crippen molar-refractivity contribution in [1.82, 2.24) is 4.57 Å². The van der Waals surface area contributed by atoms with Gasteiger partial charge in [0.1, 0.15) is 0 Å². The van der Waals surface area contributed by atoms with Gasteiger partial charge in [-0.25, -0.2) is 9.13 Å². The van der Waals surface area contributed by atoms with Crippen LogP contribution in [0.1, 0.15) is 5.56 Å². The molecular formula is C18H17BrN3O+. The number of rotatable bonds is 4. The van der Waals surface area contributed by atoms with Crippen LogP contribution in [0.15, 0.2) is 59.8 Å². The van der Waals surface area contributed by atoms with Crippen LogP contribution in [0, 0.1) is 6.92 Å². The minimum absolute atomic E-state index is 0.0660. The lowest BCUT2D eigenvalue weighted by atomic mass is 10.2. The number of para-hydroxylation sites is 2. The molecule has 1 heterocycles. The molecule has 0 spiro atoms. The molecule has 0 fully saturated rings. The first kappa shape index (κ1) is 15.5. The number of fused-ring (bicyclic) bond motifs is 1. The minimum atomic E-state index is -0.0660. The first-order valence-electron chi connectivity index (χ1n) is 7.26. The van der Waals surface area contributed by atoms with Gasteiger partial charge in [-0.3, -0.25) is 4.79 Å². The molecule has 0 aliphatic heterocycles. The number of amides is 1. The van der Waals surface area contributed by atoms with Crippen molar-refractivity contribution in [2.45, 2.75) is 13.5 Å². The second-order valence-corrected chi connectivity index (χ2v) is 6.19. The molecule has 1 amide bonds. The Labute approximate surface area is 143 Å². The van der Waals surface area contributed by atoms with Crippen LogP contribution in [0.3, 0.4) is 0 Å². The third kappa shape index (κ3) is 3.19. The third-order valence-corrected chi connectivity index (χ3v) is 4.58.